The molecular weight excluding hydrogens is 214 g/mol. The van der Waals surface area contributed by atoms with Crippen molar-refractivity contribution in [2.75, 3.05) is 26.3 Å². The normalized spacial score (nSPS) is 30.1. The standard InChI is InChI=1S/C9H13N3O2S/c1-3-10-5-9(1)2-4-13-7-8(14-6-9)12-15-11-7/h10H,1-6H2/t9-/m1/s1. The molecule has 0 radical (unpaired) electrons. The Labute approximate surface area is 92.1 Å². The van der Waals surface area contributed by atoms with E-state index in [0.717, 1.165) is 44.3 Å². The summed E-state index contributed by atoms with van der Waals surface area (Å²) in [6.45, 7) is 3.53. The van der Waals surface area contributed by atoms with E-state index < -0.39 is 0 Å². The molecule has 0 saturated carbocycles. The summed E-state index contributed by atoms with van der Waals surface area (Å²) in [6, 6.07) is 0. The predicted octanol–water partition coefficient (Wildman–Crippen LogP) is 0.679. The van der Waals surface area contributed by atoms with Crippen LogP contribution in [0.25, 0.3) is 0 Å². The summed E-state index contributed by atoms with van der Waals surface area (Å²) in [5.41, 5.74) is 0.237. The highest BCUT2D eigenvalue weighted by Crippen LogP contribution is 2.35. The first-order chi connectivity index (χ1) is 7.38. The van der Waals surface area contributed by atoms with Gasteiger partial charge in [0.2, 0.25) is 0 Å². The van der Waals surface area contributed by atoms with Gasteiger partial charge in [-0.15, -0.1) is 8.75 Å². The molecule has 1 aromatic heterocycles. The quantitative estimate of drug-likeness (QED) is 0.706. The molecule has 1 N–H and O–H groups in total. The van der Waals surface area contributed by atoms with Crippen LogP contribution in [-0.2, 0) is 0 Å². The predicted molar refractivity (Wildman–Crippen MR) is 55.4 cm³/mol. The third-order valence-electron chi connectivity index (χ3n) is 3.15. The van der Waals surface area contributed by atoms with E-state index in [1.165, 1.54) is 0 Å². The molecule has 0 amide bonds. The maximum Gasteiger partial charge on any atom is 0.291 e. The molecule has 1 fully saturated rings. The van der Waals surface area contributed by atoms with Crippen molar-refractivity contribution in [2.45, 2.75) is 12.8 Å². The molecule has 1 spiro atoms. The second-order valence-corrected chi connectivity index (χ2v) is 4.72. The summed E-state index contributed by atoms with van der Waals surface area (Å²) in [7, 11) is 0. The monoisotopic (exact) mass is 227 g/mol. The van der Waals surface area contributed by atoms with Gasteiger partial charge >= 0.3 is 0 Å². The molecule has 3 rings (SSSR count). The van der Waals surface area contributed by atoms with E-state index >= 15 is 0 Å². The van der Waals surface area contributed by atoms with Gasteiger partial charge in [0.25, 0.3) is 11.8 Å². The number of aromatic nitrogens is 2. The minimum Gasteiger partial charge on any atom is -0.473 e. The van der Waals surface area contributed by atoms with Gasteiger partial charge in [-0.25, -0.2) is 0 Å². The number of hydrogen-bond acceptors (Lipinski definition) is 6. The third-order valence-corrected chi connectivity index (χ3v) is 3.64. The lowest BCUT2D eigenvalue weighted by molar-refractivity contribution is 0.100. The summed E-state index contributed by atoms with van der Waals surface area (Å²) in [6.07, 6.45) is 2.18. The largest absolute Gasteiger partial charge is 0.473 e. The van der Waals surface area contributed by atoms with Gasteiger partial charge in [-0.2, -0.15) is 0 Å². The molecule has 3 heterocycles. The van der Waals surface area contributed by atoms with Crippen molar-refractivity contribution >= 4 is 11.7 Å². The Bertz CT molecular complexity index is 349. The Hall–Kier alpha value is -0.880. The molecule has 5 nitrogen and oxygen atoms in total. The van der Waals surface area contributed by atoms with Gasteiger partial charge in [0.1, 0.15) is 0 Å². The first kappa shape index (κ1) is 9.35. The molecule has 2 aliphatic heterocycles. The van der Waals surface area contributed by atoms with Gasteiger partial charge in [-0.3, -0.25) is 0 Å². The lowest BCUT2D eigenvalue weighted by atomic mass is 9.85. The van der Waals surface area contributed by atoms with E-state index in [9.17, 15) is 0 Å². The minimum atomic E-state index is 0.237. The van der Waals surface area contributed by atoms with Crippen molar-refractivity contribution < 1.29 is 9.47 Å². The Morgan fingerprint density at radius 2 is 2.07 bits per heavy atom. The number of rotatable bonds is 0. The molecular formula is C9H13N3O2S. The maximum atomic E-state index is 5.68. The number of hydrogen-bond donors (Lipinski definition) is 1. The van der Waals surface area contributed by atoms with E-state index in [4.69, 9.17) is 9.47 Å². The average molecular weight is 227 g/mol. The van der Waals surface area contributed by atoms with Gasteiger partial charge in [0.15, 0.2) is 0 Å². The lowest BCUT2D eigenvalue weighted by Gasteiger charge is -2.29. The number of fused-ring (bicyclic) bond motifs is 1. The molecule has 15 heavy (non-hydrogen) atoms. The van der Waals surface area contributed by atoms with Gasteiger partial charge in [-0.1, -0.05) is 0 Å². The molecule has 2 aliphatic rings. The minimum absolute atomic E-state index is 0.237. The first-order valence-corrected chi connectivity index (χ1v) is 5.90. The van der Waals surface area contributed by atoms with Crippen molar-refractivity contribution in [2.24, 2.45) is 5.41 Å². The Kier molecular flexibility index (Phi) is 2.25. The Morgan fingerprint density at radius 3 is 2.87 bits per heavy atom. The van der Waals surface area contributed by atoms with Crippen LogP contribution in [0.5, 0.6) is 11.8 Å². The highest BCUT2D eigenvalue weighted by atomic mass is 32.1. The summed E-state index contributed by atoms with van der Waals surface area (Å²) in [4.78, 5) is 0. The van der Waals surface area contributed by atoms with Crippen molar-refractivity contribution in [3.8, 4) is 11.8 Å². The Balaban J connectivity index is 1.79. The lowest BCUT2D eigenvalue weighted by Crippen LogP contribution is -2.34. The zero-order valence-electron chi connectivity index (χ0n) is 8.36. The zero-order chi connectivity index (χ0) is 10.1. The topological polar surface area (TPSA) is 56.3 Å². The van der Waals surface area contributed by atoms with Gasteiger partial charge in [0, 0.05) is 12.0 Å². The number of ether oxygens (including phenoxy) is 2. The van der Waals surface area contributed by atoms with Crippen LogP contribution in [0.2, 0.25) is 0 Å². The van der Waals surface area contributed by atoms with Crippen LogP contribution in [0.15, 0.2) is 0 Å². The molecule has 1 aromatic rings. The van der Waals surface area contributed by atoms with Crippen molar-refractivity contribution in [1.82, 2.24) is 14.1 Å². The van der Waals surface area contributed by atoms with Crippen LogP contribution in [-0.4, -0.2) is 35.1 Å². The van der Waals surface area contributed by atoms with E-state index in [1.807, 2.05) is 0 Å². The number of nitrogens with zero attached hydrogens (tertiary/aromatic N) is 2. The fraction of sp³-hybridized carbons (Fsp3) is 0.778. The smallest absolute Gasteiger partial charge is 0.291 e. The van der Waals surface area contributed by atoms with Gasteiger partial charge in [0.05, 0.1) is 24.9 Å². The molecule has 0 aliphatic carbocycles. The van der Waals surface area contributed by atoms with E-state index in [-0.39, 0.29) is 5.41 Å². The van der Waals surface area contributed by atoms with Crippen molar-refractivity contribution in [3.05, 3.63) is 0 Å². The van der Waals surface area contributed by atoms with Crippen molar-refractivity contribution in [3.63, 3.8) is 0 Å². The molecule has 0 aromatic carbocycles. The van der Waals surface area contributed by atoms with Crippen LogP contribution in [0, 0.1) is 5.41 Å². The second-order valence-electron chi connectivity index (χ2n) is 4.19. The molecule has 6 heteroatoms. The summed E-state index contributed by atoms with van der Waals surface area (Å²) >= 11 is 1.14. The molecule has 1 atom stereocenters. The van der Waals surface area contributed by atoms with Crippen LogP contribution in [0.4, 0.5) is 0 Å². The number of nitrogens with one attached hydrogen (secondary N) is 1. The summed E-state index contributed by atoms with van der Waals surface area (Å²) in [5, 5.41) is 3.38. The fourth-order valence-corrected chi connectivity index (χ4v) is 2.59. The summed E-state index contributed by atoms with van der Waals surface area (Å²) in [5.74, 6) is 1.12. The van der Waals surface area contributed by atoms with Crippen LogP contribution < -0.4 is 14.8 Å². The highest BCUT2D eigenvalue weighted by molar-refractivity contribution is 6.99. The average Bonchev–Trinajstić information content (AvgIpc) is 2.82. The maximum absolute atomic E-state index is 5.68. The van der Waals surface area contributed by atoms with Gasteiger partial charge < -0.3 is 14.8 Å². The van der Waals surface area contributed by atoms with Crippen LogP contribution >= 0.6 is 11.7 Å². The molecule has 1 saturated heterocycles. The van der Waals surface area contributed by atoms with Gasteiger partial charge in [-0.05, 0) is 19.4 Å². The van der Waals surface area contributed by atoms with Crippen LogP contribution in [0.3, 0.4) is 0 Å². The van der Waals surface area contributed by atoms with Crippen LogP contribution in [0.1, 0.15) is 12.8 Å². The third kappa shape index (κ3) is 1.68. The summed E-state index contributed by atoms with van der Waals surface area (Å²) < 4.78 is 19.3. The highest BCUT2D eigenvalue weighted by Gasteiger charge is 2.36. The molecule has 0 unspecified atom stereocenters. The molecule has 0 bridgehead atoms. The molecule has 82 valence electrons. The second kappa shape index (κ2) is 3.61. The van der Waals surface area contributed by atoms with E-state index in [0.29, 0.717) is 18.4 Å². The SMILES string of the molecule is C1C[C@@]2(CCOc3nsnc3OC2)CN1. The fourth-order valence-electron chi connectivity index (χ4n) is 2.14. The Morgan fingerprint density at radius 1 is 1.20 bits per heavy atom. The van der Waals surface area contributed by atoms with E-state index in [2.05, 4.69) is 14.1 Å². The van der Waals surface area contributed by atoms with E-state index in [1.54, 1.807) is 0 Å². The zero-order valence-corrected chi connectivity index (χ0v) is 9.18. The first-order valence-electron chi connectivity index (χ1n) is 5.17. The van der Waals surface area contributed by atoms with Crippen molar-refractivity contribution in [1.29, 1.82) is 0 Å².